The van der Waals surface area contributed by atoms with Gasteiger partial charge in [-0.25, -0.2) is 4.79 Å². The van der Waals surface area contributed by atoms with E-state index in [9.17, 15) is 14.4 Å². The molecule has 1 atom stereocenters. The van der Waals surface area contributed by atoms with Gasteiger partial charge in [-0.05, 0) is 57.3 Å². The molecular formula is C20H25N3O5S. The Hall–Kier alpha value is -3.07. The molecule has 1 heterocycles. The summed E-state index contributed by atoms with van der Waals surface area (Å²) in [6.45, 7) is 6.86. The lowest BCUT2D eigenvalue weighted by Crippen LogP contribution is -2.41. The van der Waals surface area contributed by atoms with Gasteiger partial charge >= 0.3 is 6.09 Å². The number of ether oxygens (including phenoxy) is 2. The maximum absolute atomic E-state index is 12.4. The Bertz CT molecular complexity index is 875. The van der Waals surface area contributed by atoms with Gasteiger partial charge in [-0.3, -0.25) is 14.9 Å². The second-order valence-electron chi connectivity index (χ2n) is 7.20. The Balaban J connectivity index is 2.05. The number of hydrogen-bond donors (Lipinski definition) is 3. The number of amides is 3. The van der Waals surface area contributed by atoms with Crippen LogP contribution >= 0.6 is 11.3 Å². The fourth-order valence-electron chi connectivity index (χ4n) is 2.29. The Morgan fingerprint density at radius 3 is 2.41 bits per heavy atom. The van der Waals surface area contributed by atoms with Gasteiger partial charge in [0.05, 0.1) is 17.7 Å². The van der Waals surface area contributed by atoms with Crippen LogP contribution in [0, 0.1) is 0 Å². The highest BCUT2D eigenvalue weighted by Crippen LogP contribution is 2.28. The summed E-state index contributed by atoms with van der Waals surface area (Å²) in [6, 6.07) is 7.48. The summed E-state index contributed by atoms with van der Waals surface area (Å²) in [5.41, 5.74) is 0.119. The third kappa shape index (κ3) is 6.79. The second-order valence-corrected chi connectivity index (χ2v) is 8.15. The summed E-state index contributed by atoms with van der Waals surface area (Å²) in [6.07, 6.45) is -0.643. The van der Waals surface area contributed by atoms with Crippen LogP contribution in [-0.2, 0) is 9.53 Å². The molecule has 1 unspecified atom stereocenters. The molecule has 0 saturated carbocycles. The minimum atomic E-state index is -0.756. The van der Waals surface area contributed by atoms with Crippen molar-refractivity contribution in [3.8, 4) is 5.75 Å². The Kier molecular flexibility index (Phi) is 7.22. The first-order valence-corrected chi connectivity index (χ1v) is 9.80. The molecule has 0 aliphatic heterocycles. The van der Waals surface area contributed by atoms with Crippen molar-refractivity contribution in [2.24, 2.45) is 0 Å². The van der Waals surface area contributed by atoms with Gasteiger partial charge in [-0.2, -0.15) is 0 Å². The minimum absolute atomic E-state index is 0.315. The molecule has 156 valence electrons. The summed E-state index contributed by atoms with van der Waals surface area (Å²) < 4.78 is 10.5. The molecule has 0 radical (unpaired) electrons. The first-order valence-electron chi connectivity index (χ1n) is 8.92. The van der Waals surface area contributed by atoms with Gasteiger partial charge in [0, 0.05) is 5.69 Å². The van der Waals surface area contributed by atoms with Crippen LogP contribution in [0.4, 0.5) is 16.2 Å². The zero-order chi connectivity index (χ0) is 21.6. The topological polar surface area (TPSA) is 106 Å². The van der Waals surface area contributed by atoms with Crippen LogP contribution in [0.25, 0.3) is 0 Å². The highest BCUT2D eigenvalue weighted by Gasteiger charge is 2.20. The van der Waals surface area contributed by atoms with Crippen molar-refractivity contribution in [2.45, 2.75) is 39.3 Å². The molecule has 29 heavy (non-hydrogen) atoms. The van der Waals surface area contributed by atoms with Gasteiger partial charge < -0.3 is 20.1 Å². The van der Waals surface area contributed by atoms with E-state index < -0.39 is 23.6 Å². The Labute approximate surface area is 173 Å². The molecule has 0 fully saturated rings. The van der Waals surface area contributed by atoms with Crippen molar-refractivity contribution in [3.05, 3.63) is 40.6 Å². The highest BCUT2D eigenvalue weighted by atomic mass is 32.1. The first kappa shape index (κ1) is 22.2. The summed E-state index contributed by atoms with van der Waals surface area (Å²) in [4.78, 5) is 37.1. The summed E-state index contributed by atoms with van der Waals surface area (Å²) in [5.74, 6) is -0.305. The zero-order valence-corrected chi connectivity index (χ0v) is 17.8. The predicted molar refractivity (Wildman–Crippen MR) is 113 cm³/mol. The summed E-state index contributed by atoms with van der Waals surface area (Å²) in [5, 5.41) is 9.74. The van der Waals surface area contributed by atoms with Crippen LogP contribution in [0.5, 0.6) is 5.75 Å². The van der Waals surface area contributed by atoms with E-state index in [1.54, 1.807) is 63.4 Å². The van der Waals surface area contributed by atoms with Crippen LogP contribution in [0.15, 0.2) is 35.7 Å². The molecular weight excluding hydrogens is 394 g/mol. The molecule has 0 saturated heterocycles. The first-order chi connectivity index (χ1) is 13.6. The monoisotopic (exact) mass is 419 g/mol. The number of hydrogen-bond acceptors (Lipinski definition) is 6. The zero-order valence-electron chi connectivity index (χ0n) is 17.0. The number of carbonyl (C=O) groups is 3. The summed E-state index contributed by atoms with van der Waals surface area (Å²) >= 11 is 1.29. The lowest BCUT2D eigenvalue weighted by atomic mass is 10.2. The van der Waals surface area contributed by atoms with E-state index in [0.29, 0.717) is 22.0 Å². The molecule has 2 rings (SSSR count). The number of anilines is 2. The molecule has 9 heteroatoms. The number of benzene rings is 1. The van der Waals surface area contributed by atoms with E-state index in [0.717, 1.165) is 0 Å². The maximum atomic E-state index is 12.4. The van der Waals surface area contributed by atoms with E-state index in [2.05, 4.69) is 16.0 Å². The van der Waals surface area contributed by atoms with Crippen LogP contribution in [-0.4, -0.2) is 36.7 Å². The molecule has 8 nitrogen and oxygen atoms in total. The molecule has 0 aliphatic carbocycles. The average molecular weight is 420 g/mol. The SMILES string of the molecule is COc1ccc(NC(=O)C(C)NC(=O)c2cccs2)cc1NC(=O)OC(C)(C)C. The molecule has 0 bridgehead atoms. The van der Waals surface area contributed by atoms with Gasteiger partial charge in [-0.15, -0.1) is 11.3 Å². The predicted octanol–water partition coefficient (Wildman–Crippen LogP) is 3.86. The second kappa shape index (κ2) is 9.42. The van der Waals surface area contributed by atoms with E-state index in [1.807, 2.05) is 0 Å². The molecule has 1 aromatic carbocycles. The third-order valence-corrected chi connectivity index (χ3v) is 4.46. The van der Waals surface area contributed by atoms with Crippen LogP contribution in [0.3, 0.4) is 0 Å². The summed E-state index contributed by atoms with van der Waals surface area (Å²) in [7, 11) is 1.47. The van der Waals surface area contributed by atoms with E-state index in [4.69, 9.17) is 9.47 Å². The number of carbonyl (C=O) groups excluding carboxylic acids is 3. The minimum Gasteiger partial charge on any atom is -0.495 e. The van der Waals surface area contributed by atoms with Crippen molar-refractivity contribution in [1.82, 2.24) is 5.32 Å². The third-order valence-electron chi connectivity index (χ3n) is 3.59. The van der Waals surface area contributed by atoms with Crippen molar-refractivity contribution < 1.29 is 23.9 Å². The van der Waals surface area contributed by atoms with Crippen LogP contribution < -0.4 is 20.7 Å². The van der Waals surface area contributed by atoms with Crippen LogP contribution in [0.1, 0.15) is 37.4 Å². The largest absolute Gasteiger partial charge is 0.495 e. The normalized spacial score (nSPS) is 11.9. The lowest BCUT2D eigenvalue weighted by molar-refractivity contribution is -0.117. The fourth-order valence-corrected chi connectivity index (χ4v) is 2.92. The van der Waals surface area contributed by atoms with E-state index >= 15 is 0 Å². The molecule has 1 aromatic heterocycles. The molecule has 3 amide bonds. The van der Waals surface area contributed by atoms with Gasteiger partial charge in [0.25, 0.3) is 5.91 Å². The number of rotatable bonds is 6. The average Bonchev–Trinajstić information content (AvgIpc) is 3.15. The Morgan fingerprint density at radius 1 is 1.10 bits per heavy atom. The van der Waals surface area contributed by atoms with Gasteiger partial charge in [0.1, 0.15) is 17.4 Å². The van der Waals surface area contributed by atoms with E-state index in [1.165, 1.54) is 18.4 Å². The van der Waals surface area contributed by atoms with E-state index in [-0.39, 0.29) is 5.91 Å². The van der Waals surface area contributed by atoms with Crippen molar-refractivity contribution >= 4 is 40.6 Å². The fraction of sp³-hybridized carbons (Fsp3) is 0.350. The van der Waals surface area contributed by atoms with Gasteiger partial charge in [-0.1, -0.05) is 6.07 Å². The molecule has 0 spiro atoms. The number of methoxy groups -OCH3 is 1. The standard InChI is InChI=1S/C20H25N3O5S/c1-12(21-18(25)16-7-6-10-29-16)17(24)22-13-8-9-15(27-5)14(11-13)23-19(26)28-20(2,3)4/h6-12H,1-5H3,(H,21,25)(H,22,24)(H,23,26). The maximum Gasteiger partial charge on any atom is 0.412 e. The molecule has 2 aromatic rings. The molecule has 3 N–H and O–H groups in total. The van der Waals surface area contributed by atoms with Gasteiger partial charge in [0.15, 0.2) is 0 Å². The van der Waals surface area contributed by atoms with Gasteiger partial charge in [0.2, 0.25) is 5.91 Å². The van der Waals surface area contributed by atoms with Crippen LogP contribution in [0.2, 0.25) is 0 Å². The Morgan fingerprint density at radius 2 is 1.83 bits per heavy atom. The lowest BCUT2D eigenvalue weighted by Gasteiger charge is -2.20. The van der Waals surface area contributed by atoms with Crippen molar-refractivity contribution in [1.29, 1.82) is 0 Å². The number of nitrogens with one attached hydrogen (secondary N) is 3. The van der Waals surface area contributed by atoms with Crippen molar-refractivity contribution in [2.75, 3.05) is 17.7 Å². The number of thiophene rings is 1. The highest BCUT2D eigenvalue weighted by molar-refractivity contribution is 7.12. The quantitative estimate of drug-likeness (QED) is 0.659. The van der Waals surface area contributed by atoms with Crippen molar-refractivity contribution in [3.63, 3.8) is 0 Å². The molecule has 0 aliphatic rings. The smallest absolute Gasteiger partial charge is 0.412 e.